The van der Waals surface area contributed by atoms with Crippen LogP contribution in [0.5, 0.6) is 0 Å². The molecule has 0 unspecified atom stereocenters. The second-order valence-corrected chi connectivity index (χ2v) is 2.76. The number of nitriles is 1. The van der Waals surface area contributed by atoms with Gasteiger partial charge in [0.1, 0.15) is 0 Å². The van der Waals surface area contributed by atoms with Crippen molar-refractivity contribution >= 4 is 11.6 Å². The zero-order valence-electron chi connectivity index (χ0n) is 6.67. The molecular weight excluding hydrogens is 174 g/mol. The summed E-state index contributed by atoms with van der Waals surface area (Å²) in [6.07, 6.45) is 0. The van der Waals surface area contributed by atoms with Crippen molar-refractivity contribution in [3.05, 3.63) is 34.3 Å². The molecule has 0 aliphatic heterocycles. The Labute approximate surface area is 76.3 Å². The van der Waals surface area contributed by atoms with Crippen LogP contribution in [0.1, 0.15) is 11.1 Å². The molecule has 0 aromatic heterocycles. The maximum atomic E-state index is 8.54. The van der Waals surface area contributed by atoms with Gasteiger partial charge in [-0.1, -0.05) is 17.7 Å². The molecule has 0 amide bonds. The number of methoxy groups -OCH3 is 1. The minimum Gasteiger partial charge on any atom is -0.380 e. The summed E-state index contributed by atoms with van der Waals surface area (Å²) in [5, 5.41) is 9.12. The first-order chi connectivity index (χ1) is 5.77. The Morgan fingerprint density at radius 1 is 1.58 bits per heavy atom. The van der Waals surface area contributed by atoms with Gasteiger partial charge in [-0.2, -0.15) is 5.26 Å². The summed E-state index contributed by atoms with van der Waals surface area (Å²) in [5.41, 5.74) is 1.47. The highest BCUT2D eigenvalue weighted by atomic mass is 35.5. The van der Waals surface area contributed by atoms with Crippen LogP contribution in [0.15, 0.2) is 18.2 Å². The summed E-state index contributed by atoms with van der Waals surface area (Å²) in [5.74, 6) is 0. The van der Waals surface area contributed by atoms with Gasteiger partial charge in [-0.15, -0.1) is 0 Å². The summed E-state index contributed by atoms with van der Waals surface area (Å²) in [6.45, 7) is 0.477. The van der Waals surface area contributed by atoms with Crippen molar-refractivity contribution in [3.63, 3.8) is 0 Å². The molecule has 1 rings (SSSR count). The fraction of sp³-hybridized carbons (Fsp3) is 0.222. The molecule has 0 aliphatic carbocycles. The Hall–Kier alpha value is -1.04. The molecule has 1 aromatic rings. The van der Waals surface area contributed by atoms with Crippen molar-refractivity contribution in [2.45, 2.75) is 6.61 Å². The molecule has 0 saturated carbocycles. The van der Waals surface area contributed by atoms with Crippen molar-refractivity contribution in [1.29, 1.82) is 5.26 Å². The van der Waals surface area contributed by atoms with Crippen LogP contribution in [0.2, 0.25) is 5.02 Å². The van der Waals surface area contributed by atoms with E-state index in [1.807, 2.05) is 6.07 Å². The highest BCUT2D eigenvalue weighted by Gasteiger charge is 2.00. The predicted octanol–water partition coefficient (Wildman–Crippen LogP) is 2.36. The third-order valence-electron chi connectivity index (χ3n) is 1.48. The molecule has 1 aromatic carbocycles. The number of halogens is 1. The van der Waals surface area contributed by atoms with Crippen LogP contribution in [-0.4, -0.2) is 7.11 Å². The number of ether oxygens (including phenoxy) is 1. The van der Waals surface area contributed by atoms with Crippen molar-refractivity contribution in [2.24, 2.45) is 0 Å². The first-order valence-electron chi connectivity index (χ1n) is 3.45. The van der Waals surface area contributed by atoms with Gasteiger partial charge in [0.25, 0.3) is 0 Å². The van der Waals surface area contributed by atoms with E-state index in [1.165, 1.54) is 0 Å². The van der Waals surface area contributed by atoms with Crippen LogP contribution in [0.4, 0.5) is 0 Å². The minimum absolute atomic E-state index is 0.477. The second kappa shape index (κ2) is 4.10. The summed E-state index contributed by atoms with van der Waals surface area (Å²) in [6, 6.07) is 7.17. The maximum Gasteiger partial charge on any atom is 0.0992 e. The molecule has 12 heavy (non-hydrogen) atoms. The summed E-state index contributed by atoms with van der Waals surface area (Å²) in [4.78, 5) is 0. The van der Waals surface area contributed by atoms with Gasteiger partial charge in [0, 0.05) is 12.1 Å². The summed E-state index contributed by atoms with van der Waals surface area (Å²) < 4.78 is 4.91. The average Bonchev–Trinajstić information content (AvgIpc) is 2.09. The fourth-order valence-electron chi connectivity index (χ4n) is 0.889. The predicted molar refractivity (Wildman–Crippen MR) is 46.9 cm³/mol. The fourth-order valence-corrected chi connectivity index (χ4v) is 1.12. The van der Waals surface area contributed by atoms with Crippen LogP contribution >= 0.6 is 11.6 Å². The van der Waals surface area contributed by atoms with Gasteiger partial charge in [-0.05, 0) is 17.7 Å². The molecule has 0 atom stereocenters. The molecule has 0 heterocycles. The standard InChI is InChI=1S/C9H8ClNO/c1-12-6-8-3-2-7(5-11)4-9(8)10/h2-4H,6H2,1H3. The molecule has 0 saturated heterocycles. The Balaban J connectivity index is 2.97. The zero-order valence-corrected chi connectivity index (χ0v) is 7.43. The molecule has 0 bridgehead atoms. The van der Waals surface area contributed by atoms with Gasteiger partial charge >= 0.3 is 0 Å². The van der Waals surface area contributed by atoms with Crippen molar-refractivity contribution in [2.75, 3.05) is 7.11 Å². The number of hydrogen-bond donors (Lipinski definition) is 0. The molecule has 0 N–H and O–H groups in total. The van der Waals surface area contributed by atoms with Gasteiger partial charge in [0.05, 0.1) is 18.2 Å². The molecule has 0 aliphatic rings. The summed E-state index contributed by atoms with van der Waals surface area (Å²) in [7, 11) is 1.61. The lowest BCUT2D eigenvalue weighted by Gasteiger charge is -2.01. The second-order valence-electron chi connectivity index (χ2n) is 2.35. The molecule has 0 spiro atoms. The largest absolute Gasteiger partial charge is 0.380 e. The van der Waals surface area contributed by atoms with Gasteiger partial charge in [0.2, 0.25) is 0 Å². The van der Waals surface area contributed by atoms with Gasteiger partial charge in [-0.25, -0.2) is 0 Å². The summed E-state index contributed by atoms with van der Waals surface area (Å²) >= 11 is 5.86. The highest BCUT2D eigenvalue weighted by Crippen LogP contribution is 2.17. The Kier molecular flexibility index (Phi) is 3.09. The van der Waals surface area contributed by atoms with E-state index in [0.29, 0.717) is 17.2 Å². The van der Waals surface area contributed by atoms with E-state index in [0.717, 1.165) is 5.56 Å². The number of rotatable bonds is 2. The van der Waals surface area contributed by atoms with E-state index in [9.17, 15) is 0 Å². The van der Waals surface area contributed by atoms with E-state index in [1.54, 1.807) is 25.3 Å². The molecule has 62 valence electrons. The minimum atomic E-state index is 0.477. The topological polar surface area (TPSA) is 33.0 Å². The van der Waals surface area contributed by atoms with E-state index >= 15 is 0 Å². The van der Waals surface area contributed by atoms with Gasteiger partial charge in [0.15, 0.2) is 0 Å². The van der Waals surface area contributed by atoms with E-state index < -0.39 is 0 Å². The molecule has 0 fully saturated rings. The lowest BCUT2D eigenvalue weighted by molar-refractivity contribution is 0.185. The first-order valence-corrected chi connectivity index (χ1v) is 3.83. The van der Waals surface area contributed by atoms with Crippen LogP contribution in [0, 0.1) is 11.3 Å². The average molecular weight is 182 g/mol. The molecule has 2 nitrogen and oxygen atoms in total. The van der Waals surface area contributed by atoms with Gasteiger partial charge in [-0.3, -0.25) is 0 Å². The third-order valence-corrected chi connectivity index (χ3v) is 1.83. The van der Waals surface area contributed by atoms with Crippen LogP contribution < -0.4 is 0 Å². The van der Waals surface area contributed by atoms with Crippen LogP contribution in [-0.2, 0) is 11.3 Å². The Bertz CT molecular complexity index is 317. The molecule has 0 radical (unpaired) electrons. The van der Waals surface area contributed by atoms with Crippen molar-refractivity contribution in [3.8, 4) is 6.07 Å². The first kappa shape index (κ1) is 9.05. The van der Waals surface area contributed by atoms with Gasteiger partial charge < -0.3 is 4.74 Å². The van der Waals surface area contributed by atoms with Crippen molar-refractivity contribution < 1.29 is 4.74 Å². The van der Waals surface area contributed by atoms with E-state index in [-0.39, 0.29) is 0 Å². The maximum absolute atomic E-state index is 8.54. The monoisotopic (exact) mass is 181 g/mol. The quantitative estimate of drug-likeness (QED) is 0.702. The van der Waals surface area contributed by atoms with E-state index in [2.05, 4.69) is 0 Å². The number of benzene rings is 1. The SMILES string of the molecule is COCc1ccc(C#N)cc1Cl. The van der Waals surface area contributed by atoms with Crippen molar-refractivity contribution in [1.82, 2.24) is 0 Å². The molecule has 3 heteroatoms. The normalized spacial score (nSPS) is 9.42. The lowest BCUT2D eigenvalue weighted by atomic mass is 10.1. The Morgan fingerprint density at radius 3 is 2.83 bits per heavy atom. The van der Waals surface area contributed by atoms with E-state index in [4.69, 9.17) is 21.6 Å². The van der Waals surface area contributed by atoms with Crippen LogP contribution in [0.3, 0.4) is 0 Å². The highest BCUT2D eigenvalue weighted by molar-refractivity contribution is 6.31. The van der Waals surface area contributed by atoms with Crippen LogP contribution in [0.25, 0.3) is 0 Å². The molecular formula is C9H8ClNO. The zero-order chi connectivity index (χ0) is 8.97. The Morgan fingerprint density at radius 2 is 2.33 bits per heavy atom. The number of nitrogens with zero attached hydrogens (tertiary/aromatic N) is 1. The lowest BCUT2D eigenvalue weighted by Crippen LogP contribution is -1.89. The third kappa shape index (κ3) is 1.97. The smallest absolute Gasteiger partial charge is 0.0992 e. The number of hydrogen-bond acceptors (Lipinski definition) is 2.